The molecule has 0 radical (unpaired) electrons. The van der Waals surface area contributed by atoms with Crippen LogP contribution in [0, 0.1) is 0 Å². The minimum absolute atomic E-state index is 0.542. The largest absolute Gasteiger partial charge is 0.354 e. The van der Waals surface area contributed by atoms with Crippen LogP contribution in [-0.4, -0.2) is 47.6 Å². The second-order valence-corrected chi connectivity index (χ2v) is 6.56. The van der Waals surface area contributed by atoms with E-state index in [1.54, 1.807) is 0 Å². The lowest BCUT2D eigenvalue weighted by molar-refractivity contribution is 0.270. The minimum atomic E-state index is 0.542. The lowest BCUT2D eigenvalue weighted by atomic mass is 10.0. The highest BCUT2D eigenvalue weighted by Gasteiger charge is 2.17. The molecule has 0 aliphatic carbocycles. The van der Waals surface area contributed by atoms with Crippen LogP contribution < -0.4 is 10.2 Å². The fourth-order valence-corrected chi connectivity index (χ4v) is 2.96. The summed E-state index contributed by atoms with van der Waals surface area (Å²) in [7, 11) is 0. The second kappa shape index (κ2) is 7.62. The number of rotatable bonds is 5. The zero-order valence-electron chi connectivity index (χ0n) is 14.9. The molecule has 1 N–H and O–H groups in total. The molecule has 1 aliphatic rings. The maximum absolute atomic E-state index is 4.69. The first-order valence-electron chi connectivity index (χ1n) is 8.83. The Hall–Kier alpha value is -2.14. The van der Waals surface area contributed by atoms with Gasteiger partial charge in [-0.1, -0.05) is 32.9 Å². The molecule has 1 saturated heterocycles. The Kier molecular flexibility index (Phi) is 5.30. The van der Waals surface area contributed by atoms with Gasteiger partial charge in [-0.2, -0.15) is 4.98 Å². The first-order valence-corrected chi connectivity index (χ1v) is 8.83. The van der Waals surface area contributed by atoms with Crippen molar-refractivity contribution in [2.75, 3.05) is 42.9 Å². The van der Waals surface area contributed by atoms with Crippen molar-refractivity contribution < 1.29 is 0 Å². The van der Waals surface area contributed by atoms with E-state index in [9.17, 15) is 0 Å². The molecule has 0 spiro atoms. The van der Waals surface area contributed by atoms with Gasteiger partial charge in [0.2, 0.25) is 5.95 Å². The molecule has 0 atom stereocenters. The van der Waals surface area contributed by atoms with Gasteiger partial charge in [-0.05, 0) is 36.2 Å². The summed E-state index contributed by atoms with van der Waals surface area (Å²) >= 11 is 0. The minimum Gasteiger partial charge on any atom is -0.354 e. The van der Waals surface area contributed by atoms with Crippen LogP contribution in [-0.2, 0) is 0 Å². The number of hydrogen-bond acceptors (Lipinski definition) is 5. The summed E-state index contributed by atoms with van der Waals surface area (Å²) in [6.45, 7) is 12.0. The van der Waals surface area contributed by atoms with E-state index in [2.05, 4.69) is 70.1 Å². The zero-order chi connectivity index (χ0) is 16.9. The summed E-state index contributed by atoms with van der Waals surface area (Å²) in [5.74, 6) is 2.20. The van der Waals surface area contributed by atoms with Crippen LogP contribution in [0.2, 0.25) is 0 Å². The van der Waals surface area contributed by atoms with Gasteiger partial charge in [0, 0.05) is 38.1 Å². The smallest absolute Gasteiger partial charge is 0.229 e. The molecular weight excluding hydrogens is 298 g/mol. The zero-order valence-corrected chi connectivity index (χ0v) is 14.9. The molecule has 2 heterocycles. The molecule has 0 amide bonds. The van der Waals surface area contributed by atoms with Crippen LogP contribution in [0.5, 0.6) is 0 Å². The SMILES string of the molecule is CCN1CCN(c2ccnc(Nc3ccc(C(C)C)cc3)n2)CC1. The molecular formula is C19H27N5. The fraction of sp³-hybridized carbons (Fsp3) is 0.474. The van der Waals surface area contributed by atoms with Crippen molar-refractivity contribution >= 4 is 17.5 Å². The summed E-state index contributed by atoms with van der Waals surface area (Å²) < 4.78 is 0. The van der Waals surface area contributed by atoms with Gasteiger partial charge >= 0.3 is 0 Å². The number of piperazine rings is 1. The number of nitrogens with zero attached hydrogens (tertiary/aromatic N) is 4. The monoisotopic (exact) mass is 325 g/mol. The van der Waals surface area contributed by atoms with Crippen molar-refractivity contribution in [3.63, 3.8) is 0 Å². The van der Waals surface area contributed by atoms with Gasteiger partial charge < -0.3 is 15.1 Å². The van der Waals surface area contributed by atoms with E-state index in [1.165, 1.54) is 5.56 Å². The highest BCUT2D eigenvalue weighted by atomic mass is 15.3. The summed E-state index contributed by atoms with van der Waals surface area (Å²) in [6.07, 6.45) is 1.83. The van der Waals surface area contributed by atoms with Gasteiger partial charge in [-0.15, -0.1) is 0 Å². The Morgan fingerprint density at radius 3 is 2.38 bits per heavy atom. The third kappa shape index (κ3) is 4.03. The van der Waals surface area contributed by atoms with Crippen LogP contribution in [0.1, 0.15) is 32.3 Å². The molecule has 3 rings (SSSR count). The molecule has 0 saturated carbocycles. The molecule has 0 bridgehead atoms. The predicted molar refractivity (Wildman–Crippen MR) is 100 cm³/mol. The normalized spacial score (nSPS) is 15.8. The Balaban J connectivity index is 1.67. The van der Waals surface area contributed by atoms with Crippen LogP contribution in [0.3, 0.4) is 0 Å². The standard InChI is InChI=1S/C19H27N5/c1-4-23-11-13-24(14-12-23)18-9-10-20-19(22-18)21-17-7-5-16(6-8-17)15(2)3/h5-10,15H,4,11-14H2,1-3H3,(H,20,21,22). The average Bonchev–Trinajstić information content (AvgIpc) is 2.62. The van der Waals surface area contributed by atoms with Gasteiger partial charge in [-0.25, -0.2) is 4.98 Å². The van der Waals surface area contributed by atoms with E-state index >= 15 is 0 Å². The van der Waals surface area contributed by atoms with Crippen LogP contribution in [0.15, 0.2) is 36.5 Å². The van der Waals surface area contributed by atoms with E-state index in [1.807, 2.05) is 12.3 Å². The molecule has 5 nitrogen and oxygen atoms in total. The lowest BCUT2D eigenvalue weighted by Gasteiger charge is -2.34. The molecule has 1 aliphatic heterocycles. The van der Waals surface area contributed by atoms with E-state index in [0.717, 1.165) is 44.2 Å². The van der Waals surface area contributed by atoms with Gasteiger partial charge in [0.1, 0.15) is 5.82 Å². The number of benzene rings is 1. The third-order valence-electron chi connectivity index (χ3n) is 4.62. The number of aromatic nitrogens is 2. The number of likely N-dealkylation sites (N-methyl/N-ethyl adjacent to an activating group) is 1. The van der Waals surface area contributed by atoms with E-state index in [4.69, 9.17) is 0 Å². The summed E-state index contributed by atoms with van der Waals surface area (Å²) in [5, 5.41) is 3.31. The predicted octanol–water partition coefficient (Wildman–Crippen LogP) is 3.49. The first kappa shape index (κ1) is 16.7. The molecule has 2 aromatic rings. The van der Waals surface area contributed by atoms with E-state index in [0.29, 0.717) is 11.9 Å². The van der Waals surface area contributed by atoms with Crippen molar-refractivity contribution in [1.82, 2.24) is 14.9 Å². The van der Waals surface area contributed by atoms with Gasteiger partial charge in [-0.3, -0.25) is 0 Å². The van der Waals surface area contributed by atoms with Gasteiger partial charge in [0.25, 0.3) is 0 Å². The molecule has 5 heteroatoms. The molecule has 1 aromatic carbocycles. The Morgan fingerprint density at radius 1 is 1.04 bits per heavy atom. The molecule has 1 aromatic heterocycles. The van der Waals surface area contributed by atoms with Gasteiger partial charge in [0.05, 0.1) is 0 Å². The Morgan fingerprint density at radius 2 is 1.75 bits per heavy atom. The van der Waals surface area contributed by atoms with Crippen molar-refractivity contribution in [2.24, 2.45) is 0 Å². The second-order valence-electron chi connectivity index (χ2n) is 6.56. The Labute approximate surface area is 144 Å². The molecule has 24 heavy (non-hydrogen) atoms. The molecule has 1 fully saturated rings. The van der Waals surface area contributed by atoms with Crippen molar-refractivity contribution in [2.45, 2.75) is 26.7 Å². The molecule has 128 valence electrons. The van der Waals surface area contributed by atoms with E-state index < -0.39 is 0 Å². The summed E-state index contributed by atoms with van der Waals surface area (Å²) in [5.41, 5.74) is 2.36. The summed E-state index contributed by atoms with van der Waals surface area (Å²) in [6, 6.07) is 10.5. The third-order valence-corrected chi connectivity index (χ3v) is 4.62. The number of hydrogen-bond donors (Lipinski definition) is 1. The maximum atomic E-state index is 4.69. The quantitative estimate of drug-likeness (QED) is 0.912. The van der Waals surface area contributed by atoms with Crippen LogP contribution in [0.25, 0.3) is 0 Å². The summed E-state index contributed by atoms with van der Waals surface area (Å²) in [4.78, 5) is 13.8. The number of anilines is 3. The highest BCUT2D eigenvalue weighted by Crippen LogP contribution is 2.20. The average molecular weight is 325 g/mol. The van der Waals surface area contributed by atoms with Gasteiger partial charge in [0.15, 0.2) is 0 Å². The highest BCUT2D eigenvalue weighted by molar-refractivity contribution is 5.55. The van der Waals surface area contributed by atoms with Crippen molar-refractivity contribution in [3.8, 4) is 0 Å². The topological polar surface area (TPSA) is 44.3 Å². The van der Waals surface area contributed by atoms with Crippen LogP contribution >= 0.6 is 0 Å². The van der Waals surface area contributed by atoms with Crippen molar-refractivity contribution in [1.29, 1.82) is 0 Å². The molecule has 0 unspecified atom stereocenters. The fourth-order valence-electron chi connectivity index (χ4n) is 2.96. The maximum Gasteiger partial charge on any atom is 0.229 e. The van der Waals surface area contributed by atoms with Crippen molar-refractivity contribution in [3.05, 3.63) is 42.1 Å². The Bertz CT molecular complexity index is 645. The van der Waals surface area contributed by atoms with Crippen LogP contribution in [0.4, 0.5) is 17.5 Å². The first-order chi connectivity index (χ1) is 11.7. The lowest BCUT2D eigenvalue weighted by Crippen LogP contribution is -2.46. The number of nitrogens with one attached hydrogen (secondary N) is 1. The van der Waals surface area contributed by atoms with E-state index in [-0.39, 0.29) is 0 Å².